The third-order valence-corrected chi connectivity index (χ3v) is 5.94. The molecule has 0 saturated carbocycles. The number of aliphatic hydroxyl groups is 1. The standard InChI is InChI=1S/C14H29NO/c1-7-13(5)11(9-16)15-10-12(3,4)14(13,6)8-2/h11,15-16H,7-10H2,1-6H3. The lowest BCUT2D eigenvalue weighted by molar-refractivity contribution is -0.119. The van der Waals surface area contributed by atoms with Crippen LogP contribution < -0.4 is 5.32 Å². The summed E-state index contributed by atoms with van der Waals surface area (Å²) in [7, 11) is 0. The monoisotopic (exact) mass is 227 g/mol. The van der Waals surface area contributed by atoms with E-state index in [2.05, 4.69) is 46.9 Å². The Morgan fingerprint density at radius 2 is 1.69 bits per heavy atom. The van der Waals surface area contributed by atoms with Crippen LogP contribution in [0.5, 0.6) is 0 Å². The lowest BCUT2D eigenvalue weighted by atomic mass is 9.47. The average Bonchev–Trinajstić information content (AvgIpc) is 2.26. The van der Waals surface area contributed by atoms with Gasteiger partial charge in [-0.2, -0.15) is 0 Å². The van der Waals surface area contributed by atoms with Crippen molar-refractivity contribution in [3.8, 4) is 0 Å². The fourth-order valence-corrected chi connectivity index (χ4v) is 3.74. The summed E-state index contributed by atoms with van der Waals surface area (Å²) in [5.41, 5.74) is 0.712. The second-order valence-corrected chi connectivity index (χ2v) is 6.46. The van der Waals surface area contributed by atoms with Crippen molar-refractivity contribution in [3.63, 3.8) is 0 Å². The van der Waals surface area contributed by atoms with Crippen molar-refractivity contribution in [3.05, 3.63) is 0 Å². The molecule has 2 heteroatoms. The Labute approximate surface area is 101 Å². The summed E-state index contributed by atoms with van der Waals surface area (Å²) in [5.74, 6) is 0. The molecule has 3 atom stereocenters. The summed E-state index contributed by atoms with van der Waals surface area (Å²) in [6.07, 6.45) is 2.28. The molecule has 16 heavy (non-hydrogen) atoms. The molecule has 1 rings (SSSR count). The van der Waals surface area contributed by atoms with Gasteiger partial charge in [0.25, 0.3) is 0 Å². The summed E-state index contributed by atoms with van der Waals surface area (Å²) >= 11 is 0. The summed E-state index contributed by atoms with van der Waals surface area (Å²) in [4.78, 5) is 0. The van der Waals surface area contributed by atoms with Gasteiger partial charge < -0.3 is 10.4 Å². The molecule has 1 heterocycles. The van der Waals surface area contributed by atoms with Gasteiger partial charge in [0.15, 0.2) is 0 Å². The number of piperidine rings is 1. The van der Waals surface area contributed by atoms with Crippen LogP contribution in [0.1, 0.15) is 54.4 Å². The first-order valence-corrected chi connectivity index (χ1v) is 6.63. The van der Waals surface area contributed by atoms with Crippen LogP contribution in [0.3, 0.4) is 0 Å². The molecule has 0 spiro atoms. The lowest BCUT2D eigenvalue weighted by Crippen LogP contribution is -2.66. The van der Waals surface area contributed by atoms with Crippen LogP contribution in [-0.2, 0) is 0 Å². The highest BCUT2D eigenvalue weighted by Crippen LogP contribution is 2.59. The maximum Gasteiger partial charge on any atom is 0.0590 e. The molecular weight excluding hydrogens is 198 g/mol. The average molecular weight is 227 g/mol. The van der Waals surface area contributed by atoms with E-state index in [0.717, 1.165) is 13.0 Å². The third kappa shape index (κ3) is 1.62. The Morgan fingerprint density at radius 3 is 2.06 bits per heavy atom. The van der Waals surface area contributed by atoms with E-state index in [0.29, 0.717) is 0 Å². The smallest absolute Gasteiger partial charge is 0.0590 e. The normalized spacial score (nSPS) is 43.3. The Bertz CT molecular complexity index is 251. The van der Waals surface area contributed by atoms with Gasteiger partial charge in [0.1, 0.15) is 0 Å². The molecule has 1 aliphatic heterocycles. The van der Waals surface area contributed by atoms with Crippen LogP contribution in [0.2, 0.25) is 0 Å². The summed E-state index contributed by atoms with van der Waals surface area (Å²) in [6, 6.07) is 0.232. The first kappa shape index (κ1) is 14.0. The number of hydrogen-bond acceptors (Lipinski definition) is 2. The van der Waals surface area contributed by atoms with E-state index in [1.165, 1.54) is 6.42 Å². The van der Waals surface area contributed by atoms with E-state index in [4.69, 9.17) is 0 Å². The van der Waals surface area contributed by atoms with Gasteiger partial charge in [-0.3, -0.25) is 0 Å². The van der Waals surface area contributed by atoms with Gasteiger partial charge in [0.2, 0.25) is 0 Å². The zero-order chi connectivity index (χ0) is 12.6. The van der Waals surface area contributed by atoms with Crippen molar-refractivity contribution >= 4 is 0 Å². The number of nitrogens with one attached hydrogen (secondary N) is 1. The predicted molar refractivity (Wildman–Crippen MR) is 69.5 cm³/mol. The van der Waals surface area contributed by atoms with Crippen molar-refractivity contribution in [2.24, 2.45) is 16.2 Å². The quantitative estimate of drug-likeness (QED) is 0.777. The third-order valence-electron chi connectivity index (χ3n) is 5.94. The van der Waals surface area contributed by atoms with Crippen molar-refractivity contribution in [2.45, 2.75) is 60.4 Å². The second-order valence-electron chi connectivity index (χ2n) is 6.46. The second kappa shape index (κ2) is 4.30. The highest BCUT2D eigenvalue weighted by Gasteiger charge is 2.57. The van der Waals surface area contributed by atoms with Gasteiger partial charge in [-0.15, -0.1) is 0 Å². The Morgan fingerprint density at radius 1 is 1.12 bits per heavy atom. The molecular formula is C14H29NO. The Hall–Kier alpha value is -0.0800. The largest absolute Gasteiger partial charge is 0.395 e. The minimum absolute atomic E-state index is 0.165. The van der Waals surface area contributed by atoms with E-state index in [1.807, 2.05) is 0 Å². The van der Waals surface area contributed by atoms with Gasteiger partial charge in [-0.1, -0.05) is 41.5 Å². The van der Waals surface area contributed by atoms with Gasteiger partial charge in [-0.25, -0.2) is 0 Å². The van der Waals surface area contributed by atoms with Crippen molar-refractivity contribution in [2.75, 3.05) is 13.2 Å². The highest BCUT2D eigenvalue weighted by molar-refractivity contribution is 5.09. The van der Waals surface area contributed by atoms with E-state index in [-0.39, 0.29) is 28.9 Å². The number of hydrogen-bond donors (Lipinski definition) is 2. The Balaban J connectivity index is 3.21. The van der Waals surface area contributed by atoms with Crippen LogP contribution in [0.15, 0.2) is 0 Å². The minimum Gasteiger partial charge on any atom is -0.395 e. The van der Waals surface area contributed by atoms with Crippen LogP contribution in [-0.4, -0.2) is 24.3 Å². The molecule has 0 aromatic heterocycles. The molecule has 0 bridgehead atoms. The molecule has 3 unspecified atom stereocenters. The Kier molecular flexibility index (Phi) is 3.76. The molecule has 2 nitrogen and oxygen atoms in total. The van der Waals surface area contributed by atoms with Gasteiger partial charge in [0, 0.05) is 12.6 Å². The molecule has 0 aromatic rings. The van der Waals surface area contributed by atoms with E-state index in [1.54, 1.807) is 0 Å². The first-order chi connectivity index (χ1) is 7.29. The number of rotatable bonds is 3. The molecule has 1 saturated heterocycles. The summed E-state index contributed by atoms with van der Waals surface area (Å²) < 4.78 is 0. The fraction of sp³-hybridized carbons (Fsp3) is 1.00. The molecule has 1 fully saturated rings. The molecule has 0 amide bonds. The lowest BCUT2D eigenvalue weighted by Gasteiger charge is -2.62. The molecule has 0 radical (unpaired) electrons. The van der Waals surface area contributed by atoms with Gasteiger partial charge in [-0.05, 0) is 29.1 Å². The first-order valence-electron chi connectivity index (χ1n) is 6.63. The fourth-order valence-electron chi connectivity index (χ4n) is 3.74. The maximum atomic E-state index is 9.59. The SMILES string of the molecule is CCC1(C)C(CO)NCC(C)(C)C1(C)CC. The van der Waals surface area contributed by atoms with E-state index >= 15 is 0 Å². The zero-order valence-corrected chi connectivity index (χ0v) is 11.9. The molecule has 0 aromatic carbocycles. The molecule has 96 valence electrons. The van der Waals surface area contributed by atoms with Crippen LogP contribution in [0.25, 0.3) is 0 Å². The van der Waals surface area contributed by atoms with Crippen LogP contribution >= 0.6 is 0 Å². The van der Waals surface area contributed by atoms with Crippen molar-refractivity contribution < 1.29 is 5.11 Å². The molecule has 2 N–H and O–H groups in total. The molecule has 0 aliphatic carbocycles. The summed E-state index contributed by atoms with van der Waals surface area (Å²) in [6.45, 7) is 15.2. The van der Waals surface area contributed by atoms with Gasteiger partial charge >= 0.3 is 0 Å². The number of aliphatic hydroxyl groups excluding tert-OH is 1. The summed E-state index contributed by atoms with van der Waals surface area (Å²) in [5, 5.41) is 13.1. The van der Waals surface area contributed by atoms with E-state index in [9.17, 15) is 5.11 Å². The maximum absolute atomic E-state index is 9.59. The van der Waals surface area contributed by atoms with Crippen LogP contribution in [0, 0.1) is 16.2 Å². The topological polar surface area (TPSA) is 32.3 Å². The van der Waals surface area contributed by atoms with E-state index < -0.39 is 0 Å². The highest BCUT2D eigenvalue weighted by atomic mass is 16.3. The predicted octanol–water partition coefficient (Wildman–Crippen LogP) is 2.81. The zero-order valence-electron chi connectivity index (χ0n) is 11.9. The van der Waals surface area contributed by atoms with Crippen molar-refractivity contribution in [1.29, 1.82) is 0 Å². The molecule has 1 aliphatic rings. The minimum atomic E-state index is 0.165. The van der Waals surface area contributed by atoms with Gasteiger partial charge in [0.05, 0.1) is 6.61 Å². The van der Waals surface area contributed by atoms with Crippen LogP contribution in [0.4, 0.5) is 0 Å². The van der Waals surface area contributed by atoms with Crippen molar-refractivity contribution in [1.82, 2.24) is 5.32 Å².